The van der Waals surface area contributed by atoms with Gasteiger partial charge in [0.1, 0.15) is 0 Å². The first-order valence-corrected chi connectivity index (χ1v) is 8.81. The van der Waals surface area contributed by atoms with Crippen LogP contribution in [0.25, 0.3) is 0 Å². The number of ether oxygens (including phenoxy) is 1. The monoisotopic (exact) mass is 309 g/mol. The van der Waals surface area contributed by atoms with Crippen molar-refractivity contribution in [3.05, 3.63) is 29.8 Å². The third kappa shape index (κ3) is 5.99. The van der Waals surface area contributed by atoms with Crippen LogP contribution in [0.5, 0.6) is 0 Å². The highest BCUT2D eigenvalue weighted by molar-refractivity contribution is 8.00. The summed E-state index contributed by atoms with van der Waals surface area (Å²) in [5.74, 6) is 0. The van der Waals surface area contributed by atoms with Crippen molar-refractivity contribution in [2.75, 3.05) is 20.3 Å². The summed E-state index contributed by atoms with van der Waals surface area (Å²) in [7, 11) is 1.72. The van der Waals surface area contributed by atoms with Crippen LogP contribution in [0.1, 0.15) is 37.7 Å². The summed E-state index contributed by atoms with van der Waals surface area (Å²) in [6, 6.07) is 8.65. The van der Waals surface area contributed by atoms with Crippen molar-refractivity contribution >= 4 is 11.8 Å². The first kappa shape index (κ1) is 16.8. The van der Waals surface area contributed by atoms with E-state index in [4.69, 9.17) is 4.74 Å². The van der Waals surface area contributed by atoms with Gasteiger partial charge in [-0.05, 0) is 30.5 Å². The quantitative estimate of drug-likeness (QED) is 0.599. The van der Waals surface area contributed by atoms with Crippen LogP contribution in [0.15, 0.2) is 29.2 Å². The molecule has 1 aromatic carbocycles. The molecule has 0 amide bonds. The Morgan fingerprint density at radius 2 is 2.14 bits per heavy atom. The third-order valence-electron chi connectivity index (χ3n) is 3.92. The molecule has 118 valence electrons. The molecule has 0 saturated heterocycles. The Balaban J connectivity index is 1.87. The van der Waals surface area contributed by atoms with Gasteiger partial charge < -0.3 is 15.2 Å². The van der Waals surface area contributed by atoms with E-state index in [-0.39, 0.29) is 6.10 Å². The SMILES string of the molecule is COCCNCc1cccc(SC2CCCCCC2O)c1. The molecule has 2 atom stereocenters. The molecule has 1 fully saturated rings. The fraction of sp³-hybridized carbons (Fsp3) is 0.647. The van der Waals surface area contributed by atoms with Crippen LogP contribution >= 0.6 is 11.8 Å². The Kier molecular flexibility index (Phi) is 7.58. The maximum atomic E-state index is 10.2. The van der Waals surface area contributed by atoms with Gasteiger partial charge in [-0.3, -0.25) is 0 Å². The second-order valence-corrected chi connectivity index (χ2v) is 6.99. The lowest BCUT2D eigenvalue weighted by atomic mass is 10.1. The Morgan fingerprint density at radius 3 is 3.00 bits per heavy atom. The van der Waals surface area contributed by atoms with Gasteiger partial charge in [0.05, 0.1) is 12.7 Å². The number of hydrogen-bond acceptors (Lipinski definition) is 4. The van der Waals surface area contributed by atoms with Crippen molar-refractivity contribution < 1.29 is 9.84 Å². The molecule has 0 bridgehead atoms. The lowest BCUT2D eigenvalue weighted by Crippen LogP contribution is -2.21. The Bertz CT molecular complexity index is 414. The van der Waals surface area contributed by atoms with E-state index in [2.05, 4.69) is 29.6 Å². The molecule has 21 heavy (non-hydrogen) atoms. The number of methoxy groups -OCH3 is 1. The minimum Gasteiger partial charge on any atom is -0.392 e. The van der Waals surface area contributed by atoms with Gasteiger partial charge in [-0.15, -0.1) is 11.8 Å². The zero-order valence-corrected chi connectivity index (χ0v) is 13.7. The number of benzene rings is 1. The zero-order valence-electron chi connectivity index (χ0n) is 12.9. The molecule has 1 aliphatic rings. The van der Waals surface area contributed by atoms with Crippen molar-refractivity contribution in [2.45, 2.75) is 54.9 Å². The van der Waals surface area contributed by atoms with Crippen LogP contribution in [0, 0.1) is 0 Å². The van der Waals surface area contributed by atoms with Gasteiger partial charge >= 0.3 is 0 Å². The summed E-state index contributed by atoms with van der Waals surface area (Å²) >= 11 is 1.84. The van der Waals surface area contributed by atoms with Crippen LogP contribution in [-0.2, 0) is 11.3 Å². The molecular formula is C17H27NO2S. The first-order valence-electron chi connectivity index (χ1n) is 7.93. The number of rotatable bonds is 7. The first-order chi connectivity index (χ1) is 10.3. The molecular weight excluding hydrogens is 282 g/mol. The molecule has 0 heterocycles. The number of hydrogen-bond donors (Lipinski definition) is 2. The second kappa shape index (κ2) is 9.46. The van der Waals surface area contributed by atoms with E-state index in [9.17, 15) is 5.11 Å². The number of aliphatic hydroxyl groups excluding tert-OH is 1. The summed E-state index contributed by atoms with van der Waals surface area (Å²) in [5.41, 5.74) is 1.29. The molecule has 0 aromatic heterocycles. The molecule has 0 spiro atoms. The molecule has 2 unspecified atom stereocenters. The van der Waals surface area contributed by atoms with Gasteiger partial charge in [0.25, 0.3) is 0 Å². The molecule has 2 rings (SSSR count). The highest BCUT2D eigenvalue weighted by Gasteiger charge is 2.22. The van der Waals surface area contributed by atoms with Crippen molar-refractivity contribution in [1.29, 1.82) is 0 Å². The van der Waals surface area contributed by atoms with Crippen LogP contribution in [0.2, 0.25) is 0 Å². The molecule has 4 heteroatoms. The second-order valence-electron chi connectivity index (χ2n) is 5.68. The summed E-state index contributed by atoms with van der Waals surface area (Å²) in [6.07, 6.45) is 5.60. The molecule has 1 saturated carbocycles. The molecule has 1 aliphatic carbocycles. The van der Waals surface area contributed by atoms with Gasteiger partial charge in [-0.1, -0.05) is 31.4 Å². The highest BCUT2D eigenvalue weighted by atomic mass is 32.2. The van der Waals surface area contributed by atoms with Gasteiger partial charge in [0.2, 0.25) is 0 Å². The summed E-state index contributed by atoms with van der Waals surface area (Å²) < 4.78 is 5.03. The largest absolute Gasteiger partial charge is 0.392 e. The van der Waals surface area contributed by atoms with Crippen LogP contribution in [0.3, 0.4) is 0 Å². The minimum atomic E-state index is -0.152. The maximum Gasteiger partial charge on any atom is 0.0662 e. The van der Waals surface area contributed by atoms with E-state index < -0.39 is 0 Å². The molecule has 1 aromatic rings. The predicted octanol–water partition coefficient (Wildman–Crippen LogP) is 3.21. The van der Waals surface area contributed by atoms with Crippen molar-refractivity contribution in [2.24, 2.45) is 0 Å². The van der Waals surface area contributed by atoms with E-state index in [0.29, 0.717) is 5.25 Å². The number of aliphatic hydroxyl groups is 1. The van der Waals surface area contributed by atoms with Crippen molar-refractivity contribution in [3.8, 4) is 0 Å². The Hall–Kier alpha value is -0.550. The summed E-state index contributed by atoms with van der Waals surface area (Å²) in [6.45, 7) is 2.48. The van der Waals surface area contributed by atoms with Crippen molar-refractivity contribution in [3.63, 3.8) is 0 Å². The average Bonchev–Trinajstić information content (AvgIpc) is 2.69. The molecule has 0 aliphatic heterocycles. The predicted molar refractivity (Wildman–Crippen MR) is 88.8 cm³/mol. The third-order valence-corrected chi connectivity index (χ3v) is 5.29. The van der Waals surface area contributed by atoms with E-state index in [1.807, 2.05) is 11.8 Å². The number of thioether (sulfide) groups is 1. The highest BCUT2D eigenvalue weighted by Crippen LogP contribution is 2.33. The van der Waals surface area contributed by atoms with Gasteiger partial charge in [0.15, 0.2) is 0 Å². The molecule has 0 radical (unpaired) electrons. The van der Waals surface area contributed by atoms with E-state index in [1.54, 1.807) is 7.11 Å². The Labute approximate surface area is 132 Å². The average molecular weight is 309 g/mol. The lowest BCUT2D eigenvalue weighted by molar-refractivity contribution is 0.163. The van der Waals surface area contributed by atoms with Gasteiger partial charge in [-0.25, -0.2) is 0 Å². The fourth-order valence-corrected chi connectivity index (χ4v) is 4.01. The number of nitrogens with one attached hydrogen (secondary N) is 1. The van der Waals surface area contributed by atoms with Gasteiger partial charge in [-0.2, -0.15) is 0 Å². The minimum absolute atomic E-state index is 0.152. The van der Waals surface area contributed by atoms with Gasteiger partial charge in [0, 0.05) is 30.3 Å². The summed E-state index contributed by atoms with van der Waals surface area (Å²) in [4.78, 5) is 1.27. The van der Waals surface area contributed by atoms with Crippen LogP contribution in [0.4, 0.5) is 0 Å². The Morgan fingerprint density at radius 1 is 1.29 bits per heavy atom. The van der Waals surface area contributed by atoms with E-state index in [1.165, 1.54) is 29.7 Å². The fourth-order valence-electron chi connectivity index (χ4n) is 2.70. The standard InChI is InChI=1S/C17H27NO2S/c1-20-11-10-18-13-14-6-5-7-15(12-14)21-17-9-4-2-3-8-16(17)19/h5-7,12,16-19H,2-4,8-11,13H2,1H3. The summed E-state index contributed by atoms with van der Waals surface area (Å²) in [5, 5.41) is 14.0. The van der Waals surface area contributed by atoms with E-state index in [0.717, 1.165) is 32.5 Å². The normalized spacial score (nSPS) is 23.0. The smallest absolute Gasteiger partial charge is 0.0662 e. The van der Waals surface area contributed by atoms with Crippen molar-refractivity contribution in [1.82, 2.24) is 5.32 Å². The molecule has 3 nitrogen and oxygen atoms in total. The maximum absolute atomic E-state index is 10.2. The van der Waals surface area contributed by atoms with Crippen LogP contribution < -0.4 is 5.32 Å². The zero-order chi connectivity index (χ0) is 14.9. The lowest BCUT2D eigenvalue weighted by Gasteiger charge is -2.20. The van der Waals surface area contributed by atoms with Crippen LogP contribution in [-0.4, -0.2) is 36.7 Å². The molecule has 2 N–H and O–H groups in total. The van der Waals surface area contributed by atoms with E-state index >= 15 is 0 Å². The topological polar surface area (TPSA) is 41.5 Å².